The molecule has 1 rings (SSSR count). The van der Waals surface area contributed by atoms with Gasteiger partial charge >= 0.3 is 0 Å². The Hall–Kier alpha value is -0.800. The van der Waals surface area contributed by atoms with Gasteiger partial charge in [-0.25, -0.2) is 0 Å². The number of ether oxygens (including phenoxy) is 2. The largest absolute Gasteiger partial charge is 0.492 e. The van der Waals surface area contributed by atoms with Crippen molar-refractivity contribution in [3.8, 4) is 0 Å². The third-order valence-electron chi connectivity index (χ3n) is 2.95. The molecule has 3 atom stereocenters. The van der Waals surface area contributed by atoms with Gasteiger partial charge in [0.2, 0.25) is 0 Å². The molecule has 3 nitrogen and oxygen atoms in total. The maximum absolute atomic E-state index is 9.32. The summed E-state index contributed by atoms with van der Waals surface area (Å²) in [6.07, 6.45) is -0.511. The van der Waals surface area contributed by atoms with E-state index in [1.54, 1.807) is 6.92 Å². The first-order chi connectivity index (χ1) is 7.29. The van der Waals surface area contributed by atoms with E-state index in [4.69, 9.17) is 9.47 Å². The molecule has 0 aliphatic carbocycles. The van der Waals surface area contributed by atoms with Crippen LogP contribution in [0.5, 0.6) is 0 Å². The monoisotopic (exact) mass is 226 g/mol. The van der Waals surface area contributed by atoms with E-state index in [0.717, 1.165) is 5.57 Å². The Bertz CT molecular complexity index is 294. The van der Waals surface area contributed by atoms with Crippen LogP contribution in [-0.4, -0.2) is 29.5 Å². The second-order valence-corrected chi connectivity index (χ2v) is 5.05. The highest BCUT2D eigenvalue weighted by atomic mass is 16.6. The molecule has 1 heterocycles. The van der Waals surface area contributed by atoms with Crippen LogP contribution < -0.4 is 0 Å². The lowest BCUT2D eigenvalue weighted by Crippen LogP contribution is -2.35. The van der Waals surface area contributed by atoms with Gasteiger partial charge in [0.05, 0.1) is 18.0 Å². The zero-order chi connectivity index (χ0) is 12.5. The van der Waals surface area contributed by atoms with Crippen molar-refractivity contribution in [1.29, 1.82) is 0 Å². The Morgan fingerprint density at radius 1 is 1.38 bits per heavy atom. The molecule has 0 aromatic carbocycles. The molecule has 1 aliphatic heterocycles. The topological polar surface area (TPSA) is 38.7 Å². The molecule has 0 aromatic rings. The van der Waals surface area contributed by atoms with E-state index in [1.807, 2.05) is 20.8 Å². The summed E-state index contributed by atoms with van der Waals surface area (Å²) in [5, 5.41) is 9.32. The maximum Gasteiger partial charge on any atom is 0.136 e. The van der Waals surface area contributed by atoms with Gasteiger partial charge in [-0.2, -0.15) is 0 Å². The van der Waals surface area contributed by atoms with E-state index >= 15 is 0 Å². The molecule has 1 aliphatic rings. The third kappa shape index (κ3) is 2.47. The van der Waals surface area contributed by atoms with Crippen molar-refractivity contribution in [2.24, 2.45) is 5.92 Å². The van der Waals surface area contributed by atoms with Crippen LogP contribution in [0.25, 0.3) is 0 Å². The Morgan fingerprint density at radius 3 is 2.31 bits per heavy atom. The van der Waals surface area contributed by atoms with Crippen molar-refractivity contribution >= 4 is 0 Å². The van der Waals surface area contributed by atoms with Gasteiger partial charge in [0.25, 0.3) is 0 Å². The van der Waals surface area contributed by atoms with Gasteiger partial charge in [0, 0.05) is 5.92 Å². The van der Waals surface area contributed by atoms with E-state index in [9.17, 15) is 5.11 Å². The van der Waals surface area contributed by atoms with Crippen molar-refractivity contribution in [3.63, 3.8) is 0 Å². The summed E-state index contributed by atoms with van der Waals surface area (Å²) in [5.41, 5.74) is 0.645. The normalized spacial score (nSPS) is 32.4. The molecular weight excluding hydrogens is 204 g/mol. The minimum atomic E-state index is -0.362. The molecule has 1 saturated heterocycles. The number of hydrogen-bond acceptors (Lipinski definition) is 3. The SMILES string of the molecule is C=C(C)O[C@@H]1C(CO)OC(C)(C)[C@@H]1C(=C)C. The van der Waals surface area contributed by atoms with Gasteiger partial charge in [-0.1, -0.05) is 18.7 Å². The molecule has 1 N–H and O–H groups in total. The molecule has 0 radical (unpaired) electrons. The van der Waals surface area contributed by atoms with Crippen molar-refractivity contribution in [2.75, 3.05) is 6.61 Å². The molecule has 0 bridgehead atoms. The van der Waals surface area contributed by atoms with Crippen LogP contribution in [0.15, 0.2) is 24.5 Å². The van der Waals surface area contributed by atoms with Crippen LogP contribution in [-0.2, 0) is 9.47 Å². The van der Waals surface area contributed by atoms with Crippen LogP contribution in [0.2, 0.25) is 0 Å². The predicted molar refractivity (Wildman–Crippen MR) is 64.0 cm³/mol. The molecule has 0 saturated carbocycles. The summed E-state index contributed by atoms with van der Waals surface area (Å²) in [5.74, 6) is 0.706. The van der Waals surface area contributed by atoms with Crippen molar-refractivity contribution in [1.82, 2.24) is 0 Å². The number of aliphatic hydroxyl groups is 1. The molecular formula is C13H22O3. The number of rotatable bonds is 4. The zero-order valence-electron chi connectivity index (χ0n) is 10.6. The van der Waals surface area contributed by atoms with Gasteiger partial charge in [-0.05, 0) is 27.7 Å². The van der Waals surface area contributed by atoms with E-state index < -0.39 is 0 Å². The molecule has 0 aromatic heterocycles. The lowest BCUT2D eigenvalue weighted by molar-refractivity contribution is -0.0610. The first-order valence-corrected chi connectivity index (χ1v) is 5.56. The molecule has 1 fully saturated rings. The molecule has 0 spiro atoms. The minimum Gasteiger partial charge on any atom is -0.492 e. The lowest BCUT2D eigenvalue weighted by Gasteiger charge is -2.29. The fraction of sp³-hybridized carbons (Fsp3) is 0.692. The average Bonchev–Trinajstić information content (AvgIpc) is 2.35. The second-order valence-electron chi connectivity index (χ2n) is 5.05. The van der Waals surface area contributed by atoms with Gasteiger partial charge in [0.1, 0.15) is 12.2 Å². The van der Waals surface area contributed by atoms with Crippen molar-refractivity contribution < 1.29 is 14.6 Å². The molecule has 92 valence electrons. The second kappa shape index (κ2) is 4.60. The lowest BCUT2D eigenvalue weighted by atomic mass is 9.82. The Labute approximate surface area is 97.8 Å². The number of allylic oxidation sites excluding steroid dienone is 1. The Balaban J connectivity index is 2.97. The van der Waals surface area contributed by atoms with Crippen LogP contribution in [0, 0.1) is 5.92 Å². The summed E-state index contributed by atoms with van der Waals surface area (Å²) in [4.78, 5) is 0. The van der Waals surface area contributed by atoms with Gasteiger partial charge in [-0.3, -0.25) is 0 Å². The molecule has 0 amide bonds. The summed E-state index contributed by atoms with van der Waals surface area (Å²) >= 11 is 0. The summed E-state index contributed by atoms with van der Waals surface area (Å²) in [6, 6.07) is 0. The zero-order valence-corrected chi connectivity index (χ0v) is 10.6. The van der Waals surface area contributed by atoms with Crippen molar-refractivity contribution in [3.05, 3.63) is 24.5 Å². The molecule has 1 unspecified atom stereocenters. The van der Waals surface area contributed by atoms with E-state index in [-0.39, 0.29) is 30.3 Å². The quantitative estimate of drug-likeness (QED) is 0.590. The Morgan fingerprint density at radius 2 is 1.94 bits per heavy atom. The number of aliphatic hydroxyl groups excluding tert-OH is 1. The van der Waals surface area contributed by atoms with E-state index in [0.29, 0.717) is 5.76 Å². The van der Waals surface area contributed by atoms with Gasteiger partial charge in [0.15, 0.2) is 0 Å². The standard InChI is InChI=1S/C13H22O3/c1-8(2)11-12(15-9(3)4)10(7-14)16-13(11,5)6/h10-12,14H,1,3,7H2,2,4-6H3/t10?,11-,12-/m1/s1. The smallest absolute Gasteiger partial charge is 0.136 e. The van der Waals surface area contributed by atoms with Gasteiger partial charge < -0.3 is 14.6 Å². The Kier molecular flexibility index (Phi) is 3.81. The third-order valence-corrected chi connectivity index (χ3v) is 2.95. The first kappa shape index (κ1) is 13.3. The summed E-state index contributed by atoms with van der Waals surface area (Å²) in [6.45, 7) is 15.4. The predicted octanol–water partition coefficient (Wildman–Crippen LogP) is 2.27. The fourth-order valence-corrected chi connectivity index (χ4v) is 2.53. The van der Waals surface area contributed by atoms with Crippen LogP contribution in [0.4, 0.5) is 0 Å². The highest BCUT2D eigenvalue weighted by Crippen LogP contribution is 2.41. The van der Waals surface area contributed by atoms with Crippen LogP contribution >= 0.6 is 0 Å². The summed E-state index contributed by atoms with van der Waals surface area (Å²) < 4.78 is 11.5. The maximum atomic E-state index is 9.32. The number of hydrogen-bond donors (Lipinski definition) is 1. The molecule has 16 heavy (non-hydrogen) atoms. The minimum absolute atomic E-state index is 0.0504. The van der Waals surface area contributed by atoms with Crippen molar-refractivity contribution in [2.45, 2.75) is 45.5 Å². The van der Waals surface area contributed by atoms with Crippen LogP contribution in [0.1, 0.15) is 27.7 Å². The fourth-order valence-electron chi connectivity index (χ4n) is 2.53. The highest BCUT2D eigenvalue weighted by molar-refractivity contribution is 5.13. The molecule has 3 heteroatoms. The van der Waals surface area contributed by atoms with Gasteiger partial charge in [-0.15, -0.1) is 0 Å². The first-order valence-electron chi connectivity index (χ1n) is 5.56. The van der Waals surface area contributed by atoms with E-state index in [1.165, 1.54) is 0 Å². The highest BCUT2D eigenvalue weighted by Gasteiger charge is 2.50. The van der Waals surface area contributed by atoms with Crippen LogP contribution in [0.3, 0.4) is 0 Å². The summed E-state index contributed by atoms with van der Waals surface area (Å²) in [7, 11) is 0. The van der Waals surface area contributed by atoms with E-state index in [2.05, 4.69) is 13.2 Å². The average molecular weight is 226 g/mol.